The highest BCUT2D eigenvalue weighted by Gasteiger charge is 2.16. The van der Waals surface area contributed by atoms with Gasteiger partial charge in [0.1, 0.15) is 6.61 Å². The van der Waals surface area contributed by atoms with Crippen molar-refractivity contribution in [3.05, 3.63) is 0 Å². The van der Waals surface area contributed by atoms with Gasteiger partial charge in [-0.1, -0.05) is 457 Å². The summed E-state index contributed by atoms with van der Waals surface area (Å²) >= 11 is 0. The third-order valence-electron chi connectivity index (χ3n) is 19.2. The monoisotopic (exact) mass is 1200 g/mol. The van der Waals surface area contributed by atoms with Gasteiger partial charge in [0.25, 0.3) is 0 Å². The molecule has 0 spiro atoms. The zero-order valence-corrected chi connectivity index (χ0v) is 58.7. The third-order valence-corrected chi connectivity index (χ3v) is 19.2. The Labute approximate surface area is 535 Å². The SMILES string of the molecule is CCCCCCCCCCCCCCCCCCCCCCCCCCCCCCCCCCCCCCCCC(=O)OC(CO)COC(=O)CCCCCCCCCCCCCCCCCCCCCCCCCCCCCCCCCCC. The molecule has 508 valence electrons. The van der Waals surface area contributed by atoms with E-state index in [2.05, 4.69) is 13.8 Å². The molecule has 0 aromatic heterocycles. The minimum Gasteiger partial charge on any atom is -0.462 e. The van der Waals surface area contributed by atoms with Crippen molar-refractivity contribution in [3.8, 4) is 0 Å². The first kappa shape index (κ1) is 83.9. The van der Waals surface area contributed by atoms with Crippen molar-refractivity contribution in [2.75, 3.05) is 13.2 Å². The van der Waals surface area contributed by atoms with E-state index in [1.807, 2.05) is 0 Å². The molecule has 0 heterocycles. The zero-order valence-electron chi connectivity index (χ0n) is 58.7. The molecule has 0 saturated heterocycles. The molecule has 0 radical (unpaired) electrons. The van der Waals surface area contributed by atoms with Crippen molar-refractivity contribution in [1.29, 1.82) is 0 Å². The molecule has 1 unspecified atom stereocenters. The quantitative estimate of drug-likeness (QED) is 0.0485. The van der Waals surface area contributed by atoms with Gasteiger partial charge in [-0.05, 0) is 12.8 Å². The number of aliphatic hydroxyl groups is 1. The lowest BCUT2D eigenvalue weighted by Gasteiger charge is -2.15. The summed E-state index contributed by atoms with van der Waals surface area (Å²) in [5.41, 5.74) is 0. The number of esters is 2. The average Bonchev–Trinajstić information content (AvgIpc) is 3.52. The Morgan fingerprint density at radius 1 is 0.224 bits per heavy atom. The first-order valence-corrected chi connectivity index (χ1v) is 40.1. The van der Waals surface area contributed by atoms with Crippen LogP contribution in [0.1, 0.15) is 483 Å². The second kappa shape index (κ2) is 77.1. The minimum absolute atomic E-state index is 0.0551. The van der Waals surface area contributed by atoms with Crippen LogP contribution in [-0.4, -0.2) is 36.4 Å². The number of rotatable bonds is 77. The summed E-state index contributed by atoms with van der Waals surface area (Å²) in [5, 5.41) is 9.73. The zero-order chi connectivity index (χ0) is 61.2. The summed E-state index contributed by atoms with van der Waals surface area (Å²) in [7, 11) is 0. The molecule has 85 heavy (non-hydrogen) atoms. The Balaban J connectivity index is 3.32. The normalized spacial score (nSPS) is 12.0. The molecular weight excluding hydrogens is 1040 g/mol. The van der Waals surface area contributed by atoms with Crippen LogP contribution in [0.2, 0.25) is 0 Å². The van der Waals surface area contributed by atoms with Crippen LogP contribution in [0, 0.1) is 0 Å². The van der Waals surface area contributed by atoms with Crippen LogP contribution in [0.3, 0.4) is 0 Å². The van der Waals surface area contributed by atoms with E-state index in [-0.39, 0.29) is 25.2 Å². The van der Waals surface area contributed by atoms with Crippen molar-refractivity contribution in [1.82, 2.24) is 0 Å². The van der Waals surface area contributed by atoms with E-state index >= 15 is 0 Å². The highest BCUT2D eigenvalue weighted by atomic mass is 16.6. The summed E-state index contributed by atoms with van der Waals surface area (Å²) in [6.45, 7) is 4.24. The predicted octanol–water partition coefficient (Wildman–Crippen LogP) is 28.0. The predicted molar refractivity (Wildman–Crippen MR) is 376 cm³/mol. The van der Waals surface area contributed by atoms with Crippen LogP contribution >= 0.6 is 0 Å². The molecule has 0 rings (SSSR count). The van der Waals surface area contributed by atoms with E-state index in [9.17, 15) is 14.7 Å². The first-order chi connectivity index (χ1) is 42.1. The number of unbranched alkanes of at least 4 members (excludes halogenated alkanes) is 69. The van der Waals surface area contributed by atoms with Gasteiger partial charge in [0.05, 0.1) is 6.61 Å². The summed E-state index contributed by atoms with van der Waals surface area (Å²) in [6, 6.07) is 0. The van der Waals surface area contributed by atoms with Crippen molar-refractivity contribution < 1.29 is 24.2 Å². The van der Waals surface area contributed by atoms with Gasteiger partial charge in [-0.3, -0.25) is 9.59 Å². The summed E-state index contributed by atoms with van der Waals surface area (Å²) in [5.74, 6) is -0.555. The second-order valence-electron chi connectivity index (χ2n) is 27.9. The molecule has 0 saturated carbocycles. The Hall–Kier alpha value is -1.10. The van der Waals surface area contributed by atoms with Crippen molar-refractivity contribution in [3.63, 3.8) is 0 Å². The first-order valence-electron chi connectivity index (χ1n) is 40.1. The Morgan fingerprint density at radius 3 is 0.518 bits per heavy atom. The van der Waals surface area contributed by atoms with Gasteiger partial charge >= 0.3 is 11.9 Å². The van der Waals surface area contributed by atoms with E-state index in [4.69, 9.17) is 9.47 Å². The van der Waals surface area contributed by atoms with E-state index in [1.54, 1.807) is 0 Å². The molecule has 0 aromatic carbocycles. The fourth-order valence-electron chi connectivity index (χ4n) is 13.2. The van der Waals surface area contributed by atoms with Gasteiger partial charge in [-0.15, -0.1) is 0 Å². The van der Waals surface area contributed by atoms with Crippen LogP contribution < -0.4 is 0 Å². The average molecular weight is 1200 g/mol. The lowest BCUT2D eigenvalue weighted by Crippen LogP contribution is -2.28. The molecule has 0 fully saturated rings. The Bertz CT molecular complexity index is 1220. The highest BCUT2D eigenvalue weighted by Crippen LogP contribution is 2.21. The molecule has 0 amide bonds. The molecule has 1 N–H and O–H groups in total. The maximum Gasteiger partial charge on any atom is 0.306 e. The van der Waals surface area contributed by atoms with Crippen molar-refractivity contribution in [2.24, 2.45) is 0 Å². The maximum absolute atomic E-state index is 12.4. The van der Waals surface area contributed by atoms with Crippen molar-refractivity contribution in [2.45, 2.75) is 489 Å². The van der Waals surface area contributed by atoms with E-state index in [0.717, 1.165) is 32.1 Å². The molecule has 0 aliphatic carbocycles. The van der Waals surface area contributed by atoms with E-state index in [0.29, 0.717) is 12.8 Å². The van der Waals surface area contributed by atoms with Crippen LogP contribution in [0.15, 0.2) is 0 Å². The number of carbonyl (C=O) groups excluding carboxylic acids is 2. The fraction of sp³-hybridized carbons (Fsp3) is 0.975. The minimum atomic E-state index is -0.766. The Kier molecular flexibility index (Phi) is 76.1. The number of hydrogen-bond donors (Lipinski definition) is 1. The third kappa shape index (κ3) is 75.3. The molecule has 5 heteroatoms. The number of hydrogen-bond acceptors (Lipinski definition) is 5. The van der Waals surface area contributed by atoms with E-state index < -0.39 is 6.10 Å². The summed E-state index contributed by atoms with van der Waals surface area (Å²) < 4.78 is 10.8. The number of aliphatic hydroxyl groups excluding tert-OH is 1. The molecule has 0 aromatic rings. The lowest BCUT2D eigenvalue weighted by molar-refractivity contribution is -0.161. The molecular formula is C80H158O5. The number of ether oxygens (including phenoxy) is 2. The van der Waals surface area contributed by atoms with Gasteiger partial charge in [-0.2, -0.15) is 0 Å². The summed E-state index contributed by atoms with van der Waals surface area (Å²) in [6.07, 6.45) is 99.3. The lowest BCUT2D eigenvalue weighted by atomic mass is 10.0. The summed E-state index contributed by atoms with van der Waals surface area (Å²) in [4.78, 5) is 24.7. The molecule has 5 nitrogen and oxygen atoms in total. The molecule has 0 aliphatic heterocycles. The Morgan fingerprint density at radius 2 is 0.365 bits per heavy atom. The topological polar surface area (TPSA) is 72.8 Å². The highest BCUT2D eigenvalue weighted by molar-refractivity contribution is 5.70. The smallest absolute Gasteiger partial charge is 0.306 e. The maximum atomic E-state index is 12.4. The van der Waals surface area contributed by atoms with Crippen LogP contribution in [0.4, 0.5) is 0 Å². The molecule has 0 bridgehead atoms. The van der Waals surface area contributed by atoms with Crippen LogP contribution in [0.25, 0.3) is 0 Å². The fourth-order valence-corrected chi connectivity index (χ4v) is 13.2. The standard InChI is InChI=1S/C80H158O5/c1-3-5-7-9-11-13-15-17-19-21-23-25-27-29-31-33-35-37-38-39-40-41-43-45-47-49-51-53-55-57-59-61-63-65-67-69-71-73-75-80(83)85-78(76-81)77-84-79(82)74-72-70-68-66-64-62-60-58-56-54-52-50-48-46-44-42-36-34-32-30-28-26-24-22-20-18-16-14-12-10-8-6-4-2/h78,81H,3-77H2,1-2H3. The van der Waals surface area contributed by atoms with Gasteiger partial charge in [0.2, 0.25) is 0 Å². The second-order valence-corrected chi connectivity index (χ2v) is 27.9. The van der Waals surface area contributed by atoms with Crippen LogP contribution in [0.5, 0.6) is 0 Å². The molecule has 0 aliphatic rings. The van der Waals surface area contributed by atoms with E-state index in [1.165, 1.54) is 424 Å². The van der Waals surface area contributed by atoms with Gasteiger partial charge < -0.3 is 14.6 Å². The largest absolute Gasteiger partial charge is 0.462 e. The van der Waals surface area contributed by atoms with Crippen molar-refractivity contribution >= 4 is 11.9 Å². The van der Waals surface area contributed by atoms with Gasteiger partial charge in [-0.25, -0.2) is 0 Å². The van der Waals surface area contributed by atoms with Gasteiger partial charge in [0.15, 0.2) is 6.10 Å². The van der Waals surface area contributed by atoms with Crippen LogP contribution in [-0.2, 0) is 19.1 Å². The van der Waals surface area contributed by atoms with Gasteiger partial charge in [0, 0.05) is 12.8 Å². The molecule has 1 atom stereocenters. The number of carbonyl (C=O) groups is 2.